The van der Waals surface area contributed by atoms with Crippen LogP contribution in [-0.2, 0) is 13.0 Å². The summed E-state index contributed by atoms with van der Waals surface area (Å²) in [5.41, 5.74) is 2.62. The van der Waals surface area contributed by atoms with E-state index >= 15 is 0 Å². The maximum atomic E-state index is 4.70. The van der Waals surface area contributed by atoms with Gasteiger partial charge in [-0.25, -0.2) is 9.97 Å². The van der Waals surface area contributed by atoms with Crippen molar-refractivity contribution in [1.29, 1.82) is 0 Å². The Kier molecular flexibility index (Phi) is 2.41. The van der Waals surface area contributed by atoms with E-state index in [9.17, 15) is 0 Å². The maximum absolute atomic E-state index is 4.70. The van der Waals surface area contributed by atoms with Crippen LogP contribution in [-0.4, -0.2) is 22.8 Å². The molecule has 3 rings (SSSR count). The predicted molar refractivity (Wildman–Crippen MR) is 61.2 cm³/mol. The summed E-state index contributed by atoms with van der Waals surface area (Å²) in [5.74, 6) is 1.74. The molecule has 4 heteroatoms. The summed E-state index contributed by atoms with van der Waals surface area (Å²) < 4.78 is 0. The molecule has 0 spiro atoms. The number of thioether (sulfide) groups is 1. The number of rotatable bonds is 2. The standard InChI is InChI=1S/C11H15N3S/c1-15-11-8-4-5-12-6-9(8)13-10(14-11)7-2-3-7/h7,12H,2-6H2,1H3. The van der Waals surface area contributed by atoms with Gasteiger partial charge >= 0.3 is 0 Å². The molecule has 3 nitrogen and oxygen atoms in total. The topological polar surface area (TPSA) is 37.8 Å². The van der Waals surface area contributed by atoms with E-state index < -0.39 is 0 Å². The second-order valence-corrected chi connectivity index (χ2v) is 5.01. The molecule has 0 bridgehead atoms. The number of hydrogen-bond donors (Lipinski definition) is 1. The van der Waals surface area contributed by atoms with E-state index in [-0.39, 0.29) is 0 Å². The van der Waals surface area contributed by atoms with Crippen LogP contribution in [0, 0.1) is 0 Å². The molecule has 0 atom stereocenters. The molecular formula is C11H15N3S. The molecule has 1 aromatic rings. The van der Waals surface area contributed by atoms with Crippen molar-refractivity contribution in [2.24, 2.45) is 0 Å². The van der Waals surface area contributed by atoms with Crippen molar-refractivity contribution in [2.75, 3.05) is 12.8 Å². The van der Waals surface area contributed by atoms with E-state index in [0.29, 0.717) is 5.92 Å². The number of hydrogen-bond acceptors (Lipinski definition) is 4. The summed E-state index contributed by atoms with van der Waals surface area (Å²) >= 11 is 1.76. The van der Waals surface area contributed by atoms with E-state index in [1.54, 1.807) is 11.8 Å². The highest BCUT2D eigenvalue weighted by atomic mass is 32.2. The van der Waals surface area contributed by atoms with Gasteiger partial charge in [0.1, 0.15) is 10.9 Å². The van der Waals surface area contributed by atoms with Crippen molar-refractivity contribution >= 4 is 11.8 Å². The smallest absolute Gasteiger partial charge is 0.133 e. The first-order valence-electron chi connectivity index (χ1n) is 5.53. The fourth-order valence-corrected chi connectivity index (χ4v) is 2.69. The molecule has 0 amide bonds. The first-order chi connectivity index (χ1) is 7.38. The summed E-state index contributed by atoms with van der Waals surface area (Å²) in [5, 5.41) is 4.59. The van der Waals surface area contributed by atoms with Crippen LogP contribution in [0.5, 0.6) is 0 Å². The lowest BCUT2D eigenvalue weighted by Crippen LogP contribution is -2.26. The van der Waals surface area contributed by atoms with Crippen molar-refractivity contribution < 1.29 is 0 Å². The highest BCUT2D eigenvalue weighted by Gasteiger charge is 2.28. The third-order valence-corrected chi connectivity index (χ3v) is 3.78. The van der Waals surface area contributed by atoms with E-state index in [1.807, 2.05) is 0 Å². The highest BCUT2D eigenvalue weighted by Crippen LogP contribution is 2.39. The third kappa shape index (κ3) is 1.76. The predicted octanol–water partition coefficient (Wildman–Crippen LogP) is 1.72. The van der Waals surface area contributed by atoms with Crippen LogP contribution in [0.2, 0.25) is 0 Å². The molecule has 1 aliphatic carbocycles. The Morgan fingerprint density at radius 3 is 2.93 bits per heavy atom. The summed E-state index contributed by atoms with van der Waals surface area (Å²) in [7, 11) is 0. The zero-order valence-corrected chi connectivity index (χ0v) is 9.73. The van der Waals surface area contributed by atoms with Crippen LogP contribution in [0.1, 0.15) is 35.8 Å². The Bertz CT molecular complexity index is 370. The summed E-state index contributed by atoms with van der Waals surface area (Å²) in [4.78, 5) is 9.39. The molecule has 2 heterocycles. The van der Waals surface area contributed by atoms with Crippen molar-refractivity contribution in [2.45, 2.75) is 36.8 Å². The lowest BCUT2D eigenvalue weighted by Gasteiger charge is -2.19. The SMILES string of the molecule is CSc1nc(C2CC2)nc2c1CCNC2. The van der Waals surface area contributed by atoms with Gasteiger partial charge in [-0.05, 0) is 32.1 Å². The van der Waals surface area contributed by atoms with Crippen LogP contribution in [0.3, 0.4) is 0 Å². The highest BCUT2D eigenvalue weighted by molar-refractivity contribution is 7.98. The van der Waals surface area contributed by atoms with Crippen LogP contribution in [0.25, 0.3) is 0 Å². The fourth-order valence-electron chi connectivity index (χ4n) is 2.04. The van der Waals surface area contributed by atoms with Gasteiger partial charge in [0.15, 0.2) is 0 Å². The van der Waals surface area contributed by atoms with Gasteiger partial charge in [-0.2, -0.15) is 0 Å². The minimum atomic E-state index is 0.656. The molecule has 1 saturated carbocycles. The van der Waals surface area contributed by atoms with Crippen LogP contribution in [0.4, 0.5) is 0 Å². The van der Waals surface area contributed by atoms with E-state index in [2.05, 4.69) is 11.6 Å². The molecule has 15 heavy (non-hydrogen) atoms. The van der Waals surface area contributed by atoms with Crippen molar-refractivity contribution in [1.82, 2.24) is 15.3 Å². The summed E-state index contributed by atoms with van der Waals surface area (Å²) in [6, 6.07) is 0. The molecule has 1 fully saturated rings. The number of fused-ring (bicyclic) bond motifs is 1. The Balaban J connectivity index is 2.06. The Labute approximate surface area is 94.1 Å². The third-order valence-electron chi connectivity index (χ3n) is 3.05. The van der Waals surface area contributed by atoms with Crippen molar-refractivity contribution in [3.8, 4) is 0 Å². The molecule has 0 unspecified atom stereocenters. The lowest BCUT2D eigenvalue weighted by molar-refractivity contribution is 0.602. The molecule has 1 aromatic heterocycles. The van der Waals surface area contributed by atoms with Gasteiger partial charge in [0.2, 0.25) is 0 Å². The molecule has 0 saturated heterocycles. The van der Waals surface area contributed by atoms with Crippen molar-refractivity contribution in [3.63, 3.8) is 0 Å². The molecule has 2 aliphatic rings. The van der Waals surface area contributed by atoms with Crippen LogP contribution >= 0.6 is 11.8 Å². The molecular weight excluding hydrogens is 206 g/mol. The van der Waals surface area contributed by atoms with E-state index in [0.717, 1.165) is 25.3 Å². The largest absolute Gasteiger partial charge is 0.311 e. The first-order valence-corrected chi connectivity index (χ1v) is 6.75. The Morgan fingerprint density at radius 1 is 1.33 bits per heavy atom. The second-order valence-electron chi connectivity index (χ2n) is 4.22. The van der Waals surface area contributed by atoms with Gasteiger partial charge < -0.3 is 5.32 Å². The molecule has 1 N–H and O–H groups in total. The van der Waals surface area contributed by atoms with Gasteiger partial charge in [0, 0.05) is 18.0 Å². The fraction of sp³-hybridized carbons (Fsp3) is 0.636. The Morgan fingerprint density at radius 2 is 2.20 bits per heavy atom. The average Bonchev–Trinajstić information content (AvgIpc) is 3.11. The monoisotopic (exact) mass is 221 g/mol. The van der Waals surface area contributed by atoms with Gasteiger partial charge in [0.25, 0.3) is 0 Å². The van der Waals surface area contributed by atoms with E-state index in [4.69, 9.17) is 9.97 Å². The van der Waals surface area contributed by atoms with Gasteiger partial charge in [-0.15, -0.1) is 11.8 Å². The number of aromatic nitrogens is 2. The molecule has 0 radical (unpaired) electrons. The zero-order valence-electron chi connectivity index (χ0n) is 8.92. The minimum Gasteiger partial charge on any atom is -0.311 e. The number of nitrogens with one attached hydrogen (secondary N) is 1. The molecule has 0 aromatic carbocycles. The van der Waals surface area contributed by atoms with E-state index in [1.165, 1.54) is 29.1 Å². The second kappa shape index (κ2) is 3.76. The van der Waals surface area contributed by atoms with Crippen LogP contribution < -0.4 is 5.32 Å². The summed E-state index contributed by atoms with van der Waals surface area (Å²) in [6.45, 7) is 1.98. The van der Waals surface area contributed by atoms with Crippen molar-refractivity contribution in [3.05, 3.63) is 17.1 Å². The normalized spacial score (nSPS) is 20.1. The van der Waals surface area contributed by atoms with Gasteiger partial charge in [0.05, 0.1) is 5.69 Å². The molecule has 1 aliphatic heterocycles. The minimum absolute atomic E-state index is 0.656. The Hall–Kier alpha value is -0.610. The quantitative estimate of drug-likeness (QED) is 0.609. The lowest BCUT2D eigenvalue weighted by atomic mass is 10.1. The average molecular weight is 221 g/mol. The van der Waals surface area contributed by atoms with Crippen LogP contribution in [0.15, 0.2) is 5.03 Å². The maximum Gasteiger partial charge on any atom is 0.133 e. The molecule has 80 valence electrons. The van der Waals surface area contributed by atoms with Gasteiger partial charge in [-0.3, -0.25) is 0 Å². The summed E-state index contributed by atoms with van der Waals surface area (Å²) in [6.07, 6.45) is 5.75. The van der Waals surface area contributed by atoms with Gasteiger partial charge in [-0.1, -0.05) is 0 Å². The number of nitrogens with zero attached hydrogens (tertiary/aromatic N) is 2. The zero-order chi connectivity index (χ0) is 10.3. The first kappa shape index (κ1) is 9.60.